The minimum atomic E-state index is -2.96. The van der Waals surface area contributed by atoms with Crippen LogP contribution in [-0.4, -0.2) is 62.7 Å². The molecule has 1 amide bonds. The van der Waals surface area contributed by atoms with Crippen molar-refractivity contribution >= 4 is 15.9 Å². The highest BCUT2D eigenvalue weighted by Gasteiger charge is 2.24. The molecule has 0 aromatic carbocycles. The van der Waals surface area contributed by atoms with Crippen LogP contribution in [0.4, 0.5) is 4.79 Å². The van der Waals surface area contributed by atoms with Crippen LogP contribution in [0.2, 0.25) is 0 Å². The van der Waals surface area contributed by atoms with Gasteiger partial charge in [-0.15, -0.1) is 0 Å². The van der Waals surface area contributed by atoms with Gasteiger partial charge >= 0.3 is 6.09 Å². The van der Waals surface area contributed by atoms with Crippen molar-refractivity contribution < 1.29 is 17.9 Å². The molecule has 1 fully saturated rings. The van der Waals surface area contributed by atoms with Crippen LogP contribution in [0.5, 0.6) is 0 Å². The number of ether oxygens (including phenoxy) is 1. The molecule has 0 aromatic heterocycles. The van der Waals surface area contributed by atoms with Gasteiger partial charge < -0.3 is 10.1 Å². The summed E-state index contributed by atoms with van der Waals surface area (Å²) in [5, 5.41) is 2.78. The normalized spacial score (nSPS) is 21.0. The van der Waals surface area contributed by atoms with Crippen LogP contribution in [0.1, 0.15) is 40.0 Å². The summed E-state index contributed by atoms with van der Waals surface area (Å²) in [4.78, 5) is 13.8. The summed E-state index contributed by atoms with van der Waals surface area (Å²) < 4.78 is 27.8. The lowest BCUT2D eigenvalue weighted by atomic mass is 10.0. The van der Waals surface area contributed by atoms with Gasteiger partial charge in [0.05, 0.1) is 5.75 Å². The summed E-state index contributed by atoms with van der Waals surface area (Å²) in [5.41, 5.74) is -0.507. The zero-order chi connectivity index (χ0) is 16.1. The van der Waals surface area contributed by atoms with Gasteiger partial charge in [-0.3, -0.25) is 4.90 Å². The highest BCUT2D eigenvalue weighted by Crippen LogP contribution is 2.16. The monoisotopic (exact) mass is 320 g/mol. The SMILES string of the molecule is CC(C)(C)OC(=O)NC[C@@H]1CCCCN1CCS(C)(=O)=O. The average molecular weight is 320 g/mol. The molecule has 6 nitrogen and oxygen atoms in total. The number of hydrogen-bond donors (Lipinski definition) is 1. The van der Waals surface area contributed by atoms with Crippen molar-refractivity contribution in [3.8, 4) is 0 Å². The first kappa shape index (κ1) is 18.2. The molecule has 0 radical (unpaired) electrons. The molecule has 1 heterocycles. The first-order valence-corrected chi connectivity index (χ1v) is 9.51. The Morgan fingerprint density at radius 2 is 2.00 bits per heavy atom. The number of sulfone groups is 1. The van der Waals surface area contributed by atoms with Crippen molar-refractivity contribution in [2.75, 3.05) is 31.6 Å². The fraction of sp³-hybridized carbons (Fsp3) is 0.929. The first-order chi connectivity index (χ1) is 9.57. The third-order valence-corrected chi connectivity index (χ3v) is 4.30. The van der Waals surface area contributed by atoms with Crippen molar-refractivity contribution in [3.63, 3.8) is 0 Å². The number of nitrogens with one attached hydrogen (secondary N) is 1. The van der Waals surface area contributed by atoms with Gasteiger partial charge in [0.2, 0.25) is 0 Å². The molecule has 1 rings (SSSR count). The molecule has 1 atom stereocenters. The van der Waals surface area contributed by atoms with Gasteiger partial charge in [0, 0.05) is 25.4 Å². The van der Waals surface area contributed by atoms with Crippen LogP contribution >= 0.6 is 0 Å². The van der Waals surface area contributed by atoms with Crippen molar-refractivity contribution in [1.29, 1.82) is 0 Å². The zero-order valence-corrected chi connectivity index (χ0v) is 14.3. The third kappa shape index (κ3) is 8.26. The Hall–Kier alpha value is -0.820. The Kier molecular flexibility index (Phi) is 6.46. The molecule has 1 N–H and O–H groups in total. The summed E-state index contributed by atoms with van der Waals surface area (Å²) in [6.07, 6.45) is 3.99. The first-order valence-electron chi connectivity index (χ1n) is 7.45. The summed E-state index contributed by atoms with van der Waals surface area (Å²) in [5.74, 6) is 0.163. The van der Waals surface area contributed by atoms with E-state index in [1.54, 1.807) is 0 Å². The van der Waals surface area contributed by atoms with E-state index in [1.807, 2.05) is 20.8 Å². The van der Waals surface area contributed by atoms with Crippen LogP contribution in [0.3, 0.4) is 0 Å². The summed E-state index contributed by atoms with van der Waals surface area (Å²) >= 11 is 0. The fourth-order valence-corrected chi connectivity index (χ4v) is 2.95. The van der Waals surface area contributed by atoms with E-state index in [-0.39, 0.29) is 11.8 Å². The van der Waals surface area contributed by atoms with Gasteiger partial charge in [-0.05, 0) is 40.2 Å². The molecule has 1 saturated heterocycles. The maximum atomic E-state index is 11.7. The second-order valence-electron chi connectivity index (χ2n) is 6.70. The Morgan fingerprint density at radius 1 is 1.33 bits per heavy atom. The molecular formula is C14H28N2O4S. The second-order valence-corrected chi connectivity index (χ2v) is 8.96. The van der Waals surface area contributed by atoms with E-state index in [2.05, 4.69) is 10.2 Å². The molecule has 1 aliphatic rings. The van der Waals surface area contributed by atoms with Crippen LogP contribution in [0.25, 0.3) is 0 Å². The number of likely N-dealkylation sites (tertiary alicyclic amines) is 1. The highest BCUT2D eigenvalue weighted by atomic mass is 32.2. The largest absolute Gasteiger partial charge is 0.444 e. The molecule has 1 aliphatic heterocycles. The van der Waals surface area contributed by atoms with E-state index >= 15 is 0 Å². The number of alkyl carbamates (subject to hydrolysis) is 1. The molecule has 0 aromatic rings. The Balaban J connectivity index is 2.44. The molecule has 0 saturated carbocycles. The lowest BCUT2D eigenvalue weighted by molar-refractivity contribution is 0.0497. The number of carbonyl (C=O) groups excluding carboxylic acids is 1. The molecule has 7 heteroatoms. The maximum absolute atomic E-state index is 11.7. The number of hydrogen-bond acceptors (Lipinski definition) is 5. The molecule has 0 aliphatic carbocycles. The zero-order valence-electron chi connectivity index (χ0n) is 13.5. The number of piperidine rings is 1. The van der Waals surface area contributed by atoms with Crippen LogP contribution in [0, 0.1) is 0 Å². The standard InChI is InChI=1S/C14H28N2O4S/c1-14(2,3)20-13(17)15-11-12-7-5-6-8-16(12)9-10-21(4,18)19/h12H,5-11H2,1-4H3,(H,15,17)/t12-/m0/s1. The molecule has 124 valence electrons. The minimum absolute atomic E-state index is 0.163. The highest BCUT2D eigenvalue weighted by molar-refractivity contribution is 7.90. The summed E-state index contributed by atoms with van der Waals surface area (Å²) in [6, 6.07) is 0.188. The van der Waals surface area contributed by atoms with Crippen molar-refractivity contribution in [3.05, 3.63) is 0 Å². The third-order valence-electron chi connectivity index (χ3n) is 3.38. The smallest absolute Gasteiger partial charge is 0.407 e. The quantitative estimate of drug-likeness (QED) is 0.829. The molecule has 0 spiro atoms. The molecule has 0 unspecified atom stereocenters. The predicted octanol–water partition coefficient (Wildman–Crippen LogP) is 1.41. The fourth-order valence-electron chi connectivity index (χ4n) is 2.38. The molecule has 21 heavy (non-hydrogen) atoms. The van der Waals surface area contributed by atoms with Crippen molar-refractivity contribution in [2.45, 2.75) is 51.7 Å². The summed E-state index contributed by atoms with van der Waals surface area (Å²) in [7, 11) is -2.96. The average Bonchev–Trinajstić information content (AvgIpc) is 2.32. The lowest BCUT2D eigenvalue weighted by Gasteiger charge is -2.35. The molecule has 0 bridgehead atoms. The van der Waals surface area contributed by atoms with E-state index in [0.29, 0.717) is 13.1 Å². The Labute approximate surface area is 128 Å². The number of amides is 1. The van der Waals surface area contributed by atoms with Gasteiger partial charge in [-0.2, -0.15) is 0 Å². The Morgan fingerprint density at radius 3 is 2.57 bits per heavy atom. The number of nitrogens with zero attached hydrogens (tertiary/aromatic N) is 1. The van der Waals surface area contributed by atoms with Crippen LogP contribution in [0.15, 0.2) is 0 Å². The van der Waals surface area contributed by atoms with Gasteiger partial charge in [0.1, 0.15) is 15.4 Å². The minimum Gasteiger partial charge on any atom is -0.444 e. The summed E-state index contributed by atoms with van der Waals surface area (Å²) in [6.45, 7) is 7.39. The maximum Gasteiger partial charge on any atom is 0.407 e. The Bertz CT molecular complexity index is 442. The topological polar surface area (TPSA) is 75.7 Å². The number of rotatable bonds is 5. The van der Waals surface area contributed by atoms with Gasteiger partial charge in [-0.1, -0.05) is 6.42 Å². The van der Waals surface area contributed by atoms with E-state index < -0.39 is 21.5 Å². The van der Waals surface area contributed by atoms with Crippen LogP contribution in [-0.2, 0) is 14.6 Å². The lowest BCUT2D eigenvalue weighted by Crippen LogP contribution is -2.48. The number of carbonyl (C=O) groups is 1. The van der Waals surface area contributed by atoms with E-state index in [9.17, 15) is 13.2 Å². The second kappa shape index (κ2) is 7.45. The molecular weight excluding hydrogens is 292 g/mol. The van der Waals surface area contributed by atoms with Crippen LogP contribution < -0.4 is 5.32 Å². The van der Waals surface area contributed by atoms with Crippen molar-refractivity contribution in [2.24, 2.45) is 0 Å². The van der Waals surface area contributed by atoms with E-state index in [4.69, 9.17) is 4.74 Å². The predicted molar refractivity (Wildman–Crippen MR) is 83.2 cm³/mol. The van der Waals surface area contributed by atoms with Gasteiger partial charge in [-0.25, -0.2) is 13.2 Å². The van der Waals surface area contributed by atoms with Crippen molar-refractivity contribution in [1.82, 2.24) is 10.2 Å². The van der Waals surface area contributed by atoms with E-state index in [1.165, 1.54) is 6.26 Å². The van der Waals surface area contributed by atoms with Gasteiger partial charge in [0.25, 0.3) is 0 Å². The van der Waals surface area contributed by atoms with Gasteiger partial charge in [0.15, 0.2) is 0 Å². The van der Waals surface area contributed by atoms with E-state index in [0.717, 1.165) is 25.8 Å².